The second-order valence-electron chi connectivity index (χ2n) is 6.96. The van der Waals surface area contributed by atoms with Crippen molar-refractivity contribution in [2.24, 2.45) is 5.10 Å². The number of hydrogen-bond acceptors (Lipinski definition) is 7. The summed E-state index contributed by atoms with van der Waals surface area (Å²) in [4.78, 5) is 0. The van der Waals surface area contributed by atoms with Gasteiger partial charge in [0.1, 0.15) is 0 Å². The summed E-state index contributed by atoms with van der Waals surface area (Å²) >= 11 is 1.57. The standard InChI is InChI=1S/C25H24N4O3S/c1-30-21-14-20(15-22(31-2)23(21)32-3)24-27-28-25(33-17-19-12-8-5-9-13-19)29(24)26-16-18-10-6-4-7-11-18/h4-16H,17H2,1-3H3/b26-16+. The number of nitrogens with zero attached hydrogens (tertiary/aromatic N) is 4. The fraction of sp³-hybridized carbons (Fsp3) is 0.160. The molecule has 0 radical (unpaired) electrons. The van der Waals surface area contributed by atoms with Crippen LogP contribution in [0.3, 0.4) is 0 Å². The van der Waals surface area contributed by atoms with E-state index in [1.165, 1.54) is 5.56 Å². The van der Waals surface area contributed by atoms with Crippen molar-refractivity contribution in [3.8, 4) is 28.6 Å². The van der Waals surface area contributed by atoms with E-state index in [1.807, 2.05) is 60.7 Å². The van der Waals surface area contributed by atoms with E-state index in [9.17, 15) is 0 Å². The zero-order chi connectivity index (χ0) is 23.0. The van der Waals surface area contributed by atoms with Crippen molar-refractivity contribution < 1.29 is 14.2 Å². The number of rotatable bonds is 9. The number of benzene rings is 3. The zero-order valence-corrected chi connectivity index (χ0v) is 19.5. The highest BCUT2D eigenvalue weighted by Crippen LogP contribution is 2.41. The lowest BCUT2D eigenvalue weighted by Gasteiger charge is -2.14. The first-order chi connectivity index (χ1) is 16.2. The summed E-state index contributed by atoms with van der Waals surface area (Å²) in [7, 11) is 4.74. The molecule has 33 heavy (non-hydrogen) atoms. The first kappa shape index (κ1) is 22.4. The van der Waals surface area contributed by atoms with Crippen molar-refractivity contribution in [2.45, 2.75) is 10.9 Å². The normalized spacial score (nSPS) is 11.0. The Labute approximate surface area is 197 Å². The number of thioether (sulfide) groups is 1. The van der Waals surface area contributed by atoms with Crippen molar-refractivity contribution in [2.75, 3.05) is 21.3 Å². The SMILES string of the molecule is COc1cc(-c2nnc(SCc3ccccc3)n2/N=C/c2ccccc2)cc(OC)c1OC. The molecule has 0 saturated heterocycles. The van der Waals surface area contributed by atoms with E-state index in [2.05, 4.69) is 22.3 Å². The summed E-state index contributed by atoms with van der Waals surface area (Å²) in [5, 5.41) is 14.3. The van der Waals surface area contributed by atoms with Crippen LogP contribution in [-0.4, -0.2) is 42.4 Å². The van der Waals surface area contributed by atoms with Crippen LogP contribution in [0, 0.1) is 0 Å². The van der Waals surface area contributed by atoms with Gasteiger partial charge in [0.25, 0.3) is 0 Å². The molecule has 1 aromatic heterocycles. The molecule has 0 spiro atoms. The van der Waals surface area contributed by atoms with Crippen LogP contribution in [0.4, 0.5) is 0 Å². The van der Waals surface area contributed by atoms with Gasteiger partial charge in [-0.3, -0.25) is 0 Å². The number of hydrogen-bond donors (Lipinski definition) is 0. The van der Waals surface area contributed by atoms with Crippen molar-refractivity contribution in [3.05, 3.63) is 83.9 Å². The van der Waals surface area contributed by atoms with Crippen molar-refractivity contribution in [1.29, 1.82) is 0 Å². The lowest BCUT2D eigenvalue weighted by molar-refractivity contribution is 0.324. The molecule has 0 atom stereocenters. The van der Waals surface area contributed by atoms with Gasteiger partial charge in [-0.1, -0.05) is 72.4 Å². The molecule has 1 heterocycles. The summed E-state index contributed by atoms with van der Waals surface area (Å²) in [6.45, 7) is 0. The van der Waals surface area contributed by atoms with Crippen LogP contribution < -0.4 is 14.2 Å². The van der Waals surface area contributed by atoms with E-state index in [0.29, 0.717) is 28.2 Å². The Balaban J connectivity index is 1.76. The van der Waals surface area contributed by atoms with Gasteiger partial charge in [0.05, 0.1) is 27.5 Å². The summed E-state index contributed by atoms with van der Waals surface area (Å²) in [6, 6.07) is 23.8. The Hall–Kier alpha value is -3.78. The molecule has 0 N–H and O–H groups in total. The second-order valence-corrected chi connectivity index (χ2v) is 7.90. The predicted octanol–water partition coefficient (Wildman–Crippen LogP) is 5.15. The van der Waals surface area contributed by atoms with Crippen molar-refractivity contribution >= 4 is 18.0 Å². The molecule has 0 unspecified atom stereocenters. The van der Waals surface area contributed by atoms with Crippen LogP contribution >= 0.6 is 11.8 Å². The molecule has 0 saturated carbocycles. The van der Waals surface area contributed by atoms with Gasteiger partial charge in [-0.05, 0) is 23.3 Å². The maximum atomic E-state index is 5.52. The minimum atomic E-state index is 0.515. The topological polar surface area (TPSA) is 70.8 Å². The van der Waals surface area contributed by atoms with E-state index >= 15 is 0 Å². The Morgan fingerprint density at radius 3 is 2.09 bits per heavy atom. The molecular weight excluding hydrogens is 436 g/mol. The van der Waals surface area contributed by atoms with Gasteiger partial charge in [-0.15, -0.1) is 10.2 Å². The predicted molar refractivity (Wildman–Crippen MR) is 131 cm³/mol. The van der Waals surface area contributed by atoms with Crippen LogP contribution in [0.15, 0.2) is 83.1 Å². The molecule has 0 bridgehead atoms. The minimum absolute atomic E-state index is 0.515. The van der Waals surface area contributed by atoms with E-state index in [4.69, 9.17) is 19.3 Å². The number of methoxy groups -OCH3 is 3. The van der Waals surface area contributed by atoms with Crippen LogP contribution in [0.2, 0.25) is 0 Å². The molecule has 0 fully saturated rings. The second kappa shape index (κ2) is 10.7. The molecule has 4 aromatic rings. The van der Waals surface area contributed by atoms with Gasteiger partial charge in [0, 0.05) is 11.3 Å². The monoisotopic (exact) mass is 460 g/mol. The molecule has 168 valence electrons. The summed E-state index contributed by atoms with van der Waals surface area (Å²) in [5.41, 5.74) is 2.91. The summed E-state index contributed by atoms with van der Waals surface area (Å²) in [5.74, 6) is 2.90. The van der Waals surface area contributed by atoms with E-state index in [0.717, 1.165) is 16.9 Å². The molecule has 7 nitrogen and oxygen atoms in total. The molecule has 0 aliphatic heterocycles. The highest BCUT2D eigenvalue weighted by atomic mass is 32.2. The van der Waals surface area contributed by atoms with Gasteiger partial charge in [0.15, 0.2) is 17.3 Å². The fourth-order valence-electron chi connectivity index (χ4n) is 3.24. The van der Waals surface area contributed by atoms with Gasteiger partial charge < -0.3 is 14.2 Å². The van der Waals surface area contributed by atoms with Crippen LogP contribution in [0.1, 0.15) is 11.1 Å². The summed E-state index contributed by atoms with van der Waals surface area (Å²) < 4.78 is 18.2. The average molecular weight is 461 g/mol. The van der Waals surface area contributed by atoms with E-state index < -0.39 is 0 Å². The third-order valence-corrected chi connectivity index (χ3v) is 5.86. The van der Waals surface area contributed by atoms with Gasteiger partial charge in [-0.2, -0.15) is 9.78 Å². The zero-order valence-electron chi connectivity index (χ0n) is 18.6. The third kappa shape index (κ3) is 5.18. The Morgan fingerprint density at radius 2 is 1.48 bits per heavy atom. The average Bonchev–Trinajstić information content (AvgIpc) is 3.29. The highest BCUT2D eigenvalue weighted by molar-refractivity contribution is 7.98. The lowest BCUT2D eigenvalue weighted by atomic mass is 10.1. The Bertz CT molecular complexity index is 1200. The first-order valence-electron chi connectivity index (χ1n) is 10.3. The van der Waals surface area contributed by atoms with Crippen LogP contribution in [0.25, 0.3) is 11.4 Å². The molecule has 0 aliphatic carbocycles. The highest BCUT2D eigenvalue weighted by Gasteiger charge is 2.20. The third-order valence-electron chi connectivity index (χ3n) is 4.87. The van der Waals surface area contributed by atoms with E-state index in [1.54, 1.807) is 44.0 Å². The van der Waals surface area contributed by atoms with Crippen LogP contribution in [-0.2, 0) is 5.75 Å². The smallest absolute Gasteiger partial charge is 0.212 e. The number of ether oxygens (including phenoxy) is 3. The fourth-order valence-corrected chi connectivity index (χ4v) is 4.08. The van der Waals surface area contributed by atoms with Gasteiger partial charge >= 0.3 is 0 Å². The van der Waals surface area contributed by atoms with E-state index in [-0.39, 0.29) is 0 Å². The quantitative estimate of drug-likeness (QED) is 0.254. The Morgan fingerprint density at radius 1 is 0.848 bits per heavy atom. The molecule has 4 rings (SSSR count). The minimum Gasteiger partial charge on any atom is -0.493 e. The summed E-state index contributed by atoms with van der Waals surface area (Å²) in [6.07, 6.45) is 1.79. The molecule has 3 aromatic carbocycles. The van der Waals surface area contributed by atoms with Crippen molar-refractivity contribution in [1.82, 2.24) is 14.9 Å². The largest absolute Gasteiger partial charge is 0.493 e. The molecule has 0 aliphatic rings. The van der Waals surface area contributed by atoms with Crippen molar-refractivity contribution in [3.63, 3.8) is 0 Å². The van der Waals surface area contributed by atoms with Gasteiger partial charge in [0.2, 0.25) is 10.9 Å². The number of aromatic nitrogens is 3. The van der Waals surface area contributed by atoms with Crippen LogP contribution in [0.5, 0.6) is 17.2 Å². The maximum absolute atomic E-state index is 5.52. The first-order valence-corrected chi connectivity index (χ1v) is 11.2. The molecule has 8 heteroatoms. The Kier molecular flexibility index (Phi) is 7.26. The molecular formula is C25H24N4O3S. The molecule has 0 amide bonds. The maximum Gasteiger partial charge on any atom is 0.212 e. The lowest BCUT2D eigenvalue weighted by Crippen LogP contribution is -2.00. The van der Waals surface area contributed by atoms with Gasteiger partial charge in [-0.25, -0.2) is 0 Å².